The minimum Gasteiger partial charge on any atom is -0.486 e. The van der Waals surface area contributed by atoms with Crippen molar-refractivity contribution in [1.82, 2.24) is 14.8 Å². The first-order valence-electron chi connectivity index (χ1n) is 11.3. The van der Waals surface area contributed by atoms with Crippen molar-refractivity contribution >= 4 is 23.4 Å². The smallest absolute Gasteiger partial charge is 0.234 e. The summed E-state index contributed by atoms with van der Waals surface area (Å²) in [5, 5.41) is 12.3. The summed E-state index contributed by atoms with van der Waals surface area (Å²) >= 11 is 1.36. The highest BCUT2D eigenvalue weighted by molar-refractivity contribution is 7.99. The fourth-order valence-corrected chi connectivity index (χ4v) is 4.76. The molecule has 0 saturated heterocycles. The lowest BCUT2D eigenvalue weighted by molar-refractivity contribution is -0.113. The Morgan fingerprint density at radius 3 is 2.82 bits per heavy atom. The van der Waals surface area contributed by atoms with Crippen LogP contribution in [0.3, 0.4) is 0 Å². The van der Waals surface area contributed by atoms with Crippen LogP contribution in [0.1, 0.15) is 40.9 Å². The summed E-state index contributed by atoms with van der Waals surface area (Å²) in [6.45, 7) is 8.75. The summed E-state index contributed by atoms with van der Waals surface area (Å²) in [4.78, 5) is 12.5. The number of fused-ring (bicyclic) bond motifs is 1. The van der Waals surface area contributed by atoms with Crippen LogP contribution in [0.2, 0.25) is 0 Å². The number of allylic oxidation sites excluding steroid dienone is 1. The van der Waals surface area contributed by atoms with E-state index in [2.05, 4.69) is 34.2 Å². The average Bonchev–Trinajstić information content (AvgIpc) is 3.21. The van der Waals surface area contributed by atoms with Gasteiger partial charge in [0.25, 0.3) is 0 Å². The van der Waals surface area contributed by atoms with Gasteiger partial charge in [0.15, 0.2) is 11.0 Å². The maximum atomic E-state index is 12.5. The quantitative estimate of drug-likeness (QED) is 0.347. The summed E-state index contributed by atoms with van der Waals surface area (Å²) < 4.78 is 7.99. The number of carbonyl (C=O) groups is 1. The van der Waals surface area contributed by atoms with Gasteiger partial charge in [-0.2, -0.15) is 0 Å². The Balaban J connectivity index is 1.38. The summed E-state index contributed by atoms with van der Waals surface area (Å²) in [6, 6.07) is 12.3. The Kier molecular flexibility index (Phi) is 7.50. The molecule has 0 saturated carbocycles. The van der Waals surface area contributed by atoms with Crippen LogP contribution < -0.4 is 10.1 Å². The molecule has 172 valence electrons. The molecule has 33 heavy (non-hydrogen) atoms. The van der Waals surface area contributed by atoms with Crippen LogP contribution >= 0.6 is 11.8 Å². The monoisotopic (exact) mass is 462 g/mol. The second-order valence-electron chi connectivity index (χ2n) is 8.31. The molecule has 4 rings (SSSR count). The number of ether oxygens (including phenoxy) is 1. The van der Waals surface area contributed by atoms with E-state index >= 15 is 0 Å². The maximum absolute atomic E-state index is 12.5. The van der Waals surface area contributed by atoms with Crippen LogP contribution in [0, 0.1) is 13.8 Å². The molecule has 1 aromatic heterocycles. The number of aromatic nitrogens is 3. The molecule has 0 atom stereocenters. The van der Waals surface area contributed by atoms with Gasteiger partial charge in [-0.3, -0.25) is 9.36 Å². The minimum absolute atomic E-state index is 0.0753. The molecule has 1 N–H and O–H groups in total. The lowest BCUT2D eigenvalue weighted by Crippen LogP contribution is -2.16. The van der Waals surface area contributed by atoms with Crippen LogP contribution in [-0.2, 0) is 30.8 Å². The highest BCUT2D eigenvalue weighted by Crippen LogP contribution is 2.26. The number of nitrogens with zero attached hydrogens (tertiary/aromatic N) is 3. The van der Waals surface area contributed by atoms with E-state index in [4.69, 9.17) is 4.74 Å². The van der Waals surface area contributed by atoms with Crippen molar-refractivity contribution in [1.29, 1.82) is 0 Å². The molecule has 6 nitrogen and oxygen atoms in total. The van der Waals surface area contributed by atoms with Crippen molar-refractivity contribution in [3.05, 3.63) is 77.1 Å². The second-order valence-corrected chi connectivity index (χ2v) is 9.25. The zero-order valence-electron chi connectivity index (χ0n) is 19.3. The van der Waals surface area contributed by atoms with Gasteiger partial charge in [-0.15, -0.1) is 16.8 Å². The van der Waals surface area contributed by atoms with E-state index in [1.807, 2.05) is 42.7 Å². The molecule has 0 unspecified atom stereocenters. The Morgan fingerprint density at radius 1 is 1.18 bits per heavy atom. The number of amides is 1. The molecular formula is C26H30N4O2S. The van der Waals surface area contributed by atoms with E-state index in [1.165, 1.54) is 35.7 Å². The number of carbonyl (C=O) groups excluding carboxylic acids is 1. The van der Waals surface area contributed by atoms with E-state index in [-0.39, 0.29) is 11.7 Å². The van der Waals surface area contributed by atoms with E-state index in [0.717, 1.165) is 35.4 Å². The van der Waals surface area contributed by atoms with Crippen molar-refractivity contribution in [3.63, 3.8) is 0 Å². The van der Waals surface area contributed by atoms with Gasteiger partial charge in [0.2, 0.25) is 5.91 Å². The van der Waals surface area contributed by atoms with Crippen molar-refractivity contribution in [2.45, 2.75) is 57.8 Å². The Bertz CT molecular complexity index is 1160. The van der Waals surface area contributed by atoms with Gasteiger partial charge < -0.3 is 10.1 Å². The maximum Gasteiger partial charge on any atom is 0.234 e. The molecule has 1 amide bonds. The first kappa shape index (κ1) is 23.1. The van der Waals surface area contributed by atoms with Crippen LogP contribution in [0.5, 0.6) is 5.75 Å². The highest BCUT2D eigenvalue weighted by atomic mass is 32.2. The molecule has 1 aliphatic rings. The molecule has 0 fully saturated rings. The summed E-state index contributed by atoms with van der Waals surface area (Å²) in [5.41, 5.74) is 5.88. The molecule has 2 aromatic carbocycles. The lowest BCUT2D eigenvalue weighted by Gasteiger charge is -2.16. The number of rotatable bonds is 9. The summed E-state index contributed by atoms with van der Waals surface area (Å²) in [5.74, 6) is 1.73. The second kappa shape index (κ2) is 10.7. The molecule has 0 radical (unpaired) electrons. The van der Waals surface area contributed by atoms with Crippen LogP contribution in [0.25, 0.3) is 0 Å². The van der Waals surface area contributed by atoms with Gasteiger partial charge in [-0.05, 0) is 80.0 Å². The number of thioether (sulfide) groups is 1. The molecule has 1 heterocycles. The third kappa shape index (κ3) is 5.66. The van der Waals surface area contributed by atoms with Crippen LogP contribution in [-0.4, -0.2) is 26.4 Å². The Labute approximate surface area is 199 Å². The number of hydrogen-bond donors (Lipinski definition) is 1. The van der Waals surface area contributed by atoms with E-state index in [0.29, 0.717) is 24.1 Å². The Hall–Kier alpha value is -3.06. The molecule has 3 aromatic rings. The zero-order valence-corrected chi connectivity index (χ0v) is 20.1. The van der Waals surface area contributed by atoms with E-state index < -0.39 is 0 Å². The molecule has 1 aliphatic carbocycles. The molecule has 7 heteroatoms. The summed E-state index contributed by atoms with van der Waals surface area (Å²) in [6.07, 6.45) is 6.57. The SMILES string of the molecule is C=CCn1c(COc2ccc3c(c2)CCCC3)nnc1SCC(=O)Nc1cccc(C)c1C. The number of anilines is 1. The van der Waals surface area contributed by atoms with Gasteiger partial charge in [-0.1, -0.05) is 36.0 Å². The van der Waals surface area contributed by atoms with Crippen LogP contribution in [0.15, 0.2) is 54.2 Å². The average molecular weight is 463 g/mol. The largest absolute Gasteiger partial charge is 0.486 e. The first-order chi connectivity index (χ1) is 16.0. The summed E-state index contributed by atoms with van der Waals surface area (Å²) in [7, 11) is 0. The zero-order chi connectivity index (χ0) is 23.2. The first-order valence-corrected chi connectivity index (χ1v) is 12.3. The molecule has 0 spiro atoms. The topological polar surface area (TPSA) is 69.0 Å². The van der Waals surface area contributed by atoms with E-state index in [1.54, 1.807) is 6.08 Å². The number of nitrogens with one attached hydrogen (secondary N) is 1. The van der Waals surface area contributed by atoms with Crippen molar-refractivity contribution in [3.8, 4) is 5.75 Å². The van der Waals surface area contributed by atoms with Crippen molar-refractivity contribution in [2.24, 2.45) is 0 Å². The highest BCUT2D eigenvalue weighted by Gasteiger charge is 2.16. The number of aryl methyl sites for hydroxylation is 3. The van der Waals surface area contributed by atoms with Gasteiger partial charge in [0.05, 0.1) is 5.75 Å². The van der Waals surface area contributed by atoms with Gasteiger partial charge in [-0.25, -0.2) is 0 Å². The third-order valence-corrected chi connectivity index (χ3v) is 6.97. The fourth-order valence-electron chi connectivity index (χ4n) is 4.00. The lowest BCUT2D eigenvalue weighted by atomic mass is 9.92. The number of hydrogen-bond acceptors (Lipinski definition) is 5. The van der Waals surface area contributed by atoms with Gasteiger partial charge >= 0.3 is 0 Å². The standard InChI is InChI=1S/C26H30N4O2S/c1-4-14-30-24(16-32-22-13-12-20-9-5-6-10-21(20)15-22)28-29-26(30)33-17-25(31)27-23-11-7-8-18(2)19(23)3/h4,7-8,11-13,15H,1,5-6,9-10,14,16-17H2,2-3H3,(H,27,31). The van der Waals surface area contributed by atoms with Gasteiger partial charge in [0.1, 0.15) is 12.4 Å². The fraction of sp³-hybridized carbons (Fsp3) is 0.346. The molecule has 0 bridgehead atoms. The predicted octanol–water partition coefficient (Wildman–Crippen LogP) is 5.27. The normalized spacial score (nSPS) is 12.8. The predicted molar refractivity (Wildman–Crippen MR) is 133 cm³/mol. The molecule has 0 aliphatic heterocycles. The molecular weight excluding hydrogens is 432 g/mol. The third-order valence-electron chi connectivity index (χ3n) is 6.00. The van der Waals surface area contributed by atoms with Crippen molar-refractivity contribution in [2.75, 3.05) is 11.1 Å². The van der Waals surface area contributed by atoms with Crippen LogP contribution in [0.4, 0.5) is 5.69 Å². The minimum atomic E-state index is -0.0753. The number of benzene rings is 2. The van der Waals surface area contributed by atoms with Gasteiger partial charge in [0, 0.05) is 12.2 Å². The van der Waals surface area contributed by atoms with E-state index in [9.17, 15) is 4.79 Å². The Morgan fingerprint density at radius 2 is 2.00 bits per heavy atom. The van der Waals surface area contributed by atoms with Crippen molar-refractivity contribution < 1.29 is 9.53 Å².